The standard InChI is InChI=1S/C25H26N2O5/c1-30-20-14-18(15-21(16-20)31-2)12-13-24(28)26-27-25(29)17-32-23-11-7-6-10-22(23)19-8-4-3-5-9-19/h3-11,14-16H,12-13,17H2,1-2H3,(H,26,28)(H,27,29). The molecule has 2 amide bonds. The van der Waals surface area contributed by atoms with E-state index in [4.69, 9.17) is 14.2 Å². The van der Waals surface area contributed by atoms with Gasteiger partial charge in [0.15, 0.2) is 6.61 Å². The van der Waals surface area contributed by atoms with E-state index in [1.165, 1.54) is 0 Å². The van der Waals surface area contributed by atoms with E-state index in [0.717, 1.165) is 16.7 Å². The van der Waals surface area contributed by atoms with E-state index in [0.29, 0.717) is 23.7 Å². The minimum atomic E-state index is -0.454. The van der Waals surface area contributed by atoms with Crippen LogP contribution in [0.15, 0.2) is 72.8 Å². The zero-order valence-electron chi connectivity index (χ0n) is 18.1. The molecule has 0 radical (unpaired) electrons. The molecule has 2 N–H and O–H groups in total. The Morgan fingerprint density at radius 2 is 1.41 bits per heavy atom. The lowest BCUT2D eigenvalue weighted by Crippen LogP contribution is -2.43. The number of benzene rings is 3. The summed E-state index contributed by atoms with van der Waals surface area (Å²) in [5, 5.41) is 0. The van der Waals surface area contributed by atoms with Crippen LogP contribution in [0.2, 0.25) is 0 Å². The second-order valence-electron chi connectivity index (χ2n) is 6.97. The molecule has 0 saturated carbocycles. The topological polar surface area (TPSA) is 85.9 Å². The number of ether oxygens (including phenoxy) is 3. The molecule has 7 nitrogen and oxygen atoms in total. The van der Waals surface area contributed by atoms with E-state index < -0.39 is 5.91 Å². The van der Waals surface area contributed by atoms with Crippen LogP contribution in [0.1, 0.15) is 12.0 Å². The highest BCUT2D eigenvalue weighted by atomic mass is 16.5. The highest BCUT2D eigenvalue weighted by Crippen LogP contribution is 2.29. The first-order chi connectivity index (χ1) is 15.6. The number of carbonyl (C=O) groups is 2. The molecule has 0 aliphatic rings. The molecule has 32 heavy (non-hydrogen) atoms. The Morgan fingerprint density at radius 1 is 0.781 bits per heavy atom. The van der Waals surface area contributed by atoms with E-state index in [9.17, 15) is 9.59 Å². The summed E-state index contributed by atoms with van der Waals surface area (Å²) in [7, 11) is 3.14. The first-order valence-electron chi connectivity index (χ1n) is 10.2. The van der Waals surface area contributed by atoms with Crippen molar-refractivity contribution in [2.45, 2.75) is 12.8 Å². The summed E-state index contributed by atoms with van der Waals surface area (Å²) in [6.07, 6.45) is 0.657. The van der Waals surface area contributed by atoms with Gasteiger partial charge < -0.3 is 14.2 Å². The monoisotopic (exact) mass is 434 g/mol. The van der Waals surface area contributed by atoms with E-state index in [1.54, 1.807) is 26.4 Å². The number of aryl methyl sites for hydroxylation is 1. The quantitative estimate of drug-likeness (QED) is 0.503. The predicted molar refractivity (Wildman–Crippen MR) is 122 cm³/mol. The number of para-hydroxylation sites is 1. The van der Waals surface area contributed by atoms with Gasteiger partial charge in [0.25, 0.3) is 5.91 Å². The van der Waals surface area contributed by atoms with Gasteiger partial charge in [0.05, 0.1) is 14.2 Å². The summed E-state index contributed by atoms with van der Waals surface area (Å²) in [6, 6.07) is 22.7. The van der Waals surface area contributed by atoms with Gasteiger partial charge in [-0.1, -0.05) is 48.5 Å². The van der Waals surface area contributed by atoms with Crippen molar-refractivity contribution in [1.82, 2.24) is 10.9 Å². The Hall–Kier alpha value is -4.00. The molecule has 3 aromatic rings. The summed E-state index contributed by atoms with van der Waals surface area (Å²) in [4.78, 5) is 24.2. The Labute approximate surface area is 187 Å². The number of hydrogen-bond donors (Lipinski definition) is 2. The van der Waals surface area contributed by atoms with Crippen molar-refractivity contribution in [2.75, 3.05) is 20.8 Å². The fraction of sp³-hybridized carbons (Fsp3) is 0.200. The molecule has 0 aliphatic heterocycles. The number of hydrogen-bond acceptors (Lipinski definition) is 5. The minimum absolute atomic E-state index is 0.189. The molecular weight excluding hydrogens is 408 g/mol. The first-order valence-corrected chi connectivity index (χ1v) is 10.2. The van der Waals surface area contributed by atoms with Crippen LogP contribution in [0.3, 0.4) is 0 Å². The SMILES string of the molecule is COc1cc(CCC(=O)NNC(=O)COc2ccccc2-c2ccccc2)cc(OC)c1. The van der Waals surface area contributed by atoms with Crippen molar-refractivity contribution in [3.05, 3.63) is 78.4 Å². The van der Waals surface area contributed by atoms with Crippen LogP contribution >= 0.6 is 0 Å². The molecule has 0 heterocycles. The van der Waals surface area contributed by atoms with E-state index in [2.05, 4.69) is 10.9 Å². The third-order valence-corrected chi connectivity index (χ3v) is 4.72. The lowest BCUT2D eigenvalue weighted by molar-refractivity contribution is -0.130. The molecule has 166 valence electrons. The molecule has 0 aromatic heterocycles. The number of hydrazine groups is 1. The second-order valence-corrected chi connectivity index (χ2v) is 6.97. The smallest absolute Gasteiger partial charge is 0.276 e. The van der Waals surface area contributed by atoms with Crippen LogP contribution in [-0.2, 0) is 16.0 Å². The highest BCUT2D eigenvalue weighted by Gasteiger charge is 2.10. The van der Waals surface area contributed by atoms with Crippen LogP contribution in [0.5, 0.6) is 17.2 Å². The van der Waals surface area contributed by atoms with Crippen molar-refractivity contribution in [3.63, 3.8) is 0 Å². The Kier molecular flexibility index (Phi) is 8.09. The molecule has 3 aromatic carbocycles. The molecule has 0 bridgehead atoms. The van der Waals surface area contributed by atoms with Gasteiger partial charge in [-0.2, -0.15) is 0 Å². The molecule has 0 spiro atoms. The summed E-state index contributed by atoms with van der Waals surface area (Å²) in [5.41, 5.74) is 7.56. The highest BCUT2D eigenvalue weighted by molar-refractivity contribution is 5.83. The van der Waals surface area contributed by atoms with Gasteiger partial charge in [-0.3, -0.25) is 20.4 Å². The van der Waals surface area contributed by atoms with Gasteiger partial charge in [-0.05, 0) is 35.7 Å². The maximum atomic E-state index is 12.1. The predicted octanol–water partition coefficient (Wildman–Crippen LogP) is 3.53. The molecule has 0 aliphatic carbocycles. The zero-order valence-corrected chi connectivity index (χ0v) is 18.1. The molecule has 0 saturated heterocycles. The summed E-state index contributed by atoms with van der Waals surface area (Å²) in [5.74, 6) is 1.13. The van der Waals surface area contributed by atoms with Crippen LogP contribution in [0.4, 0.5) is 0 Å². The molecule has 3 rings (SSSR count). The summed E-state index contributed by atoms with van der Waals surface area (Å²) >= 11 is 0. The third-order valence-electron chi connectivity index (χ3n) is 4.72. The number of rotatable bonds is 9. The van der Waals surface area contributed by atoms with E-state index in [-0.39, 0.29) is 18.9 Å². The Morgan fingerprint density at radius 3 is 2.09 bits per heavy atom. The van der Waals surface area contributed by atoms with Crippen molar-refractivity contribution < 1.29 is 23.8 Å². The van der Waals surface area contributed by atoms with Gasteiger partial charge in [-0.15, -0.1) is 0 Å². The first kappa shape index (κ1) is 22.7. The molecule has 0 atom stereocenters. The molecule has 7 heteroatoms. The van der Waals surface area contributed by atoms with Crippen LogP contribution in [-0.4, -0.2) is 32.6 Å². The van der Waals surface area contributed by atoms with E-state index >= 15 is 0 Å². The molecule has 0 unspecified atom stereocenters. The normalized spacial score (nSPS) is 10.2. The van der Waals surface area contributed by atoms with Crippen molar-refractivity contribution in [3.8, 4) is 28.4 Å². The zero-order chi connectivity index (χ0) is 22.8. The largest absolute Gasteiger partial charge is 0.497 e. The van der Waals surface area contributed by atoms with Gasteiger partial charge >= 0.3 is 0 Å². The third kappa shape index (κ3) is 6.50. The van der Waals surface area contributed by atoms with Gasteiger partial charge in [-0.25, -0.2) is 0 Å². The average Bonchev–Trinajstić information content (AvgIpc) is 2.85. The average molecular weight is 434 g/mol. The fourth-order valence-corrected chi connectivity index (χ4v) is 3.10. The lowest BCUT2D eigenvalue weighted by Gasteiger charge is -2.12. The minimum Gasteiger partial charge on any atom is -0.497 e. The number of nitrogens with one attached hydrogen (secondary N) is 2. The summed E-state index contributed by atoms with van der Waals surface area (Å²) < 4.78 is 16.1. The van der Waals surface area contributed by atoms with E-state index in [1.807, 2.05) is 60.7 Å². The number of methoxy groups -OCH3 is 2. The van der Waals surface area contributed by atoms with Gasteiger partial charge in [0.2, 0.25) is 5.91 Å². The second kappa shape index (κ2) is 11.4. The maximum absolute atomic E-state index is 12.1. The van der Waals surface area contributed by atoms with Gasteiger partial charge in [0.1, 0.15) is 17.2 Å². The van der Waals surface area contributed by atoms with Crippen molar-refractivity contribution in [1.29, 1.82) is 0 Å². The maximum Gasteiger partial charge on any atom is 0.276 e. The Balaban J connectivity index is 1.46. The molecular formula is C25H26N2O5. The Bertz CT molecular complexity index is 1030. The van der Waals surface area contributed by atoms with Crippen LogP contribution < -0.4 is 25.1 Å². The van der Waals surface area contributed by atoms with Crippen molar-refractivity contribution >= 4 is 11.8 Å². The number of carbonyl (C=O) groups excluding carboxylic acids is 2. The van der Waals surface area contributed by atoms with Gasteiger partial charge in [0, 0.05) is 18.1 Å². The lowest BCUT2D eigenvalue weighted by atomic mass is 10.1. The molecule has 0 fully saturated rings. The van der Waals surface area contributed by atoms with Crippen molar-refractivity contribution in [2.24, 2.45) is 0 Å². The number of amides is 2. The fourth-order valence-electron chi connectivity index (χ4n) is 3.10. The van der Waals surface area contributed by atoms with Crippen LogP contribution in [0, 0.1) is 0 Å². The summed E-state index contributed by atoms with van der Waals surface area (Å²) in [6.45, 7) is -0.225. The van der Waals surface area contributed by atoms with Crippen LogP contribution in [0.25, 0.3) is 11.1 Å².